The molecule has 9 heteroatoms. The largest absolute Gasteiger partial charge is 0.322 e. The number of nitro groups is 1. The summed E-state index contributed by atoms with van der Waals surface area (Å²) in [6, 6.07) is 11.2. The quantitative estimate of drug-likeness (QED) is 0.624. The molecule has 0 aromatic heterocycles. The first-order chi connectivity index (χ1) is 12.9. The molecule has 0 unspecified atom stereocenters. The number of hydrogen-bond acceptors (Lipinski definition) is 5. The van der Waals surface area contributed by atoms with E-state index >= 15 is 0 Å². The van der Waals surface area contributed by atoms with Crippen LogP contribution >= 0.6 is 0 Å². The predicted octanol–water partition coefficient (Wildman–Crippen LogP) is 3.02. The minimum atomic E-state index is -3.52. The molecule has 0 bridgehead atoms. The fourth-order valence-corrected chi connectivity index (χ4v) is 4.42. The molecule has 8 nitrogen and oxygen atoms in total. The number of hydrogen-bond donors (Lipinski definition) is 1. The van der Waals surface area contributed by atoms with E-state index in [-0.39, 0.29) is 16.1 Å². The van der Waals surface area contributed by atoms with Crippen molar-refractivity contribution < 1.29 is 18.1 Å². The summed E-state index contributed by atoms with van der Waals surface area (Å²) < 4.78 is 26.7. The first-order valence-corrected chi connectivity index (χ1v) is 9.98. The second kappa shape index (κ2) is 7.85. The minimum Gasteiger partial charge on any atom is -0.322 e. The molecular formula is C18H19N3O5S. The van der Waals surface area contributed by atoms with Gasteiger partial charge in [0.15, 0.2) is 0 Å². The maximum atomic E-state index is 12.6. The zero-order chi connectivity index (χ0) is 19.4. The van der Waals surface area contributed by atoms with Gasteiger partial charge in [-0.3, -0.25) is 14.9 Å². The highest BCUT2D eigenvalue weighted by Crippen LogP contribution is 2.22. The lowest BCUT2D eigenvalue weighted by atomic mass is 10.2. The van der Waals surface area contributed by atoms with Crippen LogP contribution in [0.15, 0.2) is 53.4 Å². The van der Waals surface area contributed by atoms with Gasteiger partial charge < -0.3 is 5.32 Å². The lowest BCUT2D eigenvalue weighted by Crippen LogP contribution is -2.35. The number of benzene rings is 2. The molecule has 142 valence electrons. The van der Waals surface area contributed by atoms with Gasteiger partial charge in [-0.25, -0.2) is 8.42 Å². The van der Waals surface area contributed by atoms with Crippen LogP contribution in [0.3, 0.4) is 0 Å². The number of nitro benzene ring substituents is 1. The van der Waals surface area contributed by atoms with Crippen LogP contribution in [0.5, 0.6) is 0 Å². The Hall–Kier alpha value is -2.78. The van der Waals surface area contributed by atoms with E-state index < -0.39 is 20.9 Å². The average Bonchev–Trinajstić information content (AvgIpc) is 2.69. The van der Waals surface area contributed by atoms with Gasteiger partial charge in [0.2, 0.25) is 10.0 Å². The molecular weight excluding hydrogens is 370 g/mol. The second-order valence-corrected chi connectivity index (χ2v) is 8.19. The summed E-state index contributed by atoms with van der Waals surface area (Å²) in [4.78, 5) is 22.5. The zero-order valence-electron chi connectivity index (χ0n) is 14.5. The fourth-order valence-electron chi connectivity index (χ4n) is 2.90. The number of nitrogens with zero attached hydrogens (tertiary/aromatic N) is 2. The number of amides is 1. The Kier molecular flexibility index (Phi) is 5.52. The Morgan fingerprint density at radius 2 is 1.56 bits per heavy atom. The molecule has 1 saturated heterocycles. The molecule has 1 heterocycles. The smallest absolute Gasteiger partial charge is 0.269 e. The summed E-state index contributed by atoms with van der Waals surface area (Å²) in [7, 11) is -3.52. The van der Waals surface area contributed by atoms with Crippen LogP contribution in [0.1, 0.15) is 29.6 Å². The van der Waals surface area contributed by atoms with Gasteiger partial charge in [-0.15, -0.1) is 0 Å². The van der Waals surface area contributed by atoms with Gasteiger partial charge in [-0.05, 0) is 49.2 Å². The summed E-state index contributed by atoms with van der Waals surface area (Å²) in [5.74, 6) is -0.434. The second-order valence-electron chi connectivity index (χ2n) is 6.25. The summed E-state index contributed by atoms with van der Waals surface area (Å²) in [5, 5.41) is 13.3. The first-order valence-electron chi connectivity index (χ1n) is 8.54. The number of nitrogens with one attached hydrogen (secondary N) is 1. The molecule has 0 spiro atoms. The fraction of sp³-hybridized carbons (Fsp3) is 0.278. The highest BCUT2D eigenvalue weighted by atomic mass is 32.2. The molecule has 3 rings (SSSR count). The lowest BCUT2D eigenvalue weighted by molar-refractivity contribution is -0.384. The highest BCUT2D eigenvalue weighted by molar-refractivity contribution is 7.89. The van der Waals surface area contributed by atoms with E-state index in [2.05, 4.69) is 5.32 Å². The van der Waals surface area contributed by atoms with Gasteiger partial charge in [-0.1, -0.05) is 6.42 Å². The molecule has 0 radical (unpaired) electrons. The highest BCUT2D eigenvalue weighted by Gasteiger charge is 2.25. The van der Waals surface area contributed by atoms with Gasteiger partial charge in [0.25, 0.3) is 11.6 Å². The van der Waals surface area contributed by atoms with Crippen LogP contribution < -0.4 is 5.32 Å². The minimum absolute atomic E-state index is 0.0983. The number of non-ortho nitro benzene ring substituents is 1. The average molecular weight is 389 g/mol. The molecule has 2 aromatic carbocycles. The first kappa shape index (κ1) is 19.0. The topological polar surface area (TPSA) is 110 Å². The summed E-state index contributed by atoms with van der Waals surface area (Å²) in [6.07, 6.45) is 2.77. The molecule has 27 heavy (non-hydrogen) atoms. The van der Waals surface area contributed by atoms with Crippen molar-refractivity contribution in [2.24, 2.45) is 0 Å². The van der Waals surface area contributed by atoms with Crippen molar-refractivity contribution in [3.8, 4) is 0 Å². The van der Waals surface area contributed by atoms with Crippen molar-refractivity contribution in [2.45, 2.75) is 24.2 Å². The molecule has 0 saturated carbocycles. The van der Waals surface area contributed by atoms with Crippen molar-refractivity contribution in [1.82, 2.24) is 4.31 Å². The standard InChI is InChI=1S/C18H19N3O5S/c22-18(14-4-8-16(9-5-14)21(23)24)19-15-6-10-17(11-7-15)27(25,26)20-12-2-1-3-13-20/h4-11H,1-3,12-13H2,(H,19,22). The van der Waals surface area contributed by atoms with E-state index in [1.54, 1.807) is 0 Å². The van der Waals surface area contributed by atoms with Gasteiger partial charge in [0.1, 0.15) is 0 Å². The Labute approximate surface area is 157 Å². The third kappa shape index (κ3) is 4.32. The van der Waals surface area contributed by atoms with Crippen LogP contribution in [0, 0.1) is 10.1 Å². The van der Waals surface area contributed by atoms with Crippen LogP contribution in [0.25, 0.3) is 0 Å². The molecule has 1 N–H and O–H groups in total. The van der Waals surface area contributed by atoms with Crippen molar-refractivity contribution in [3.63, 3.8) is 0 Å². The Bertz CT molecular complexity index is 934. The van der Waals surface area contributed by atoms with E-state index in [4.69, 9.17) is 0 Å². The molecule has 1 amide bonds. The molecule has 2 aromatic rings. The zero-order valence-corrected chi connectivity index (χ0v) is 15.3. The van der Waals surface area contributed by atoms with Gasteiger partial charge in [-0.2, -0.15) is 4.31 Å². The van der Waals surface area contributed by atoms with Crippen molar-refractivity contribution in [1.29, 1.82) is 0 Å². The van der Waals surface area contributed by atoms with E-state index in [1.165, 1.54) is 52.8 Å². The number of sulfonamides is 1. The van der Waals surface area contributed by atoms with Crippen LogP contribution in [0.4, 0.5) is 11.4 Å². The maximum absolute atomic E-state index is 12.6. The SMILES string of the molecule is O=C(Nc1ccc(S(=O)(=O)N2CCCCC2)cc1)c1ccc([N+](=O)[O-])cc1. The van der Waals surface area contributed by atoms with Crippen molar-refractivity contribution in [3.05, 3.63) is 64.2 Å². The predicted molar refractivity (Wildman–Crippen MR) is 100 cm³/mol. The molecule has 1 aliphatic heterocycles. The number of piperidine rings is 1. The number of carbonyl (C=O) groups excluding carboxylic acids is 1. The van der Waals surface area contributed by atoms with Gasteiger partial charge in [0, 0.05) is 36.5 Å². The van der Waals surface area contributed by atoms with Crippen molar-refractivity contribution in [2.75, 3.05) is 18.4 Å². The Balaban J connectivity index is 1.70. The lowest BCUT2D eigenvalue weighted by Gasteiger charge is -2.25. The molecule has 0 atom stereocenters. The normalized spacial score (nSPS) is 15.3. The number of rotatable bonds is 5. The van der Waals surface area contributed by atoms with Crippen molar-refractivity contribution >= 4 is 27.3 Å². The van der Waals surface area contributed by atoms with Crippen LogP contribution in [0.2, 0.25) is 0 Å². The van der Waals surface area contributed by atoms with Crippen LogP contribution in [-0.4, -0.2) is 36.6 Å². The van der Waals surface area contributed by atoms with E-state index in [9.17, 15) is 23.3 Å². The third-order valence-corrected chi connectivity index (χ3v) is 6.32. The van der Waals surface area contributed by atoms with Crippen LogP contribution in [-0.2, 0) is 10.0 Å². The summed E-state index contributed by atoms with van der Waals surface area (Å²) in [5.41, 5.74) is 0.611. The van der Waals surface area contributed by atoms with Gasteiger partial charge >= 0.3 is 0 Å². The van der Waals surface area contributed by atoms with Gasteiger partial charge in [0.05, 0.1) is 9.82 Å². The summed E-state index contributed by atoms with van der Waals surface area (Å²) >= 11 is 0. The molecule has 0 aliphatic carbocycles. The summed E-state index contributed by atoms with van der Waals surface area (Å²) in [6.45, 7) is 1.06. The van der Waals surface area contributed by atoms with E-state index in [1.807, 2.05) is 0 Å². The molecule has 1 fully saturated rings. The third-order valence-electron chi connectivity index (χ3n) is 4.41. The van der Waals surface area contributed by atoms with E-state index in [0.29, 0.717) is 18.8 Å². The Morgan fingerprint density at radius 3 is 2.11 bits per heavy atom. The van der Waals surface area contributed by atoms with E-state index in [0.717, 1.165) is 19.3 Å². The number of carbonyl (C=O) groups is 1. The Morgan fingerprint density at radius 1 is 0.963 bits per heavy atom. The monoisotopic (exact) mass is 389 g/mol. The number of anilines is 1. The maximum Gasteiger partial charge on any atom is 0.269 e. The molecule has 1 aliphatic rings.